The molecule has 0 saturated carbocycles. The maximum atomic E-state index is 11.8. The van der Waals surface area contributed by atoms with E-state index in [-0.39, 0.29) is 25.2 Å². The van der Waals surface area contributed by atoms with Gasteiger partial charge in [0.2, 0.25) is 5.76 Å². The van der Waals surface area contributed by atoms with Gasteiger partial charge in [-0.2, -0.15) is 13.5 Å². The first kappa shape index (κ1) is 19.4. The monoisotopic (exact) mass is 317 g/mol. The molecule has 1 aromatic rings. The number of carbonyl (C=O) groups is 2. The summed E-state index contributed by atoms with van der Waals surface area (Å²) in [7, 11) is 0. The molecule has 0 aliphatic rings. The van der Waals surface area contributed by atoms with Gasteiger partial charge < -0.3 is 19.6 Å². The van der Waals surface area contributed by atoms with Crippen LogP contribution in [0.2, 0.25) is 0 Å². The minimum Gasteiger partial charge on any atom is -0.475 e. The molecule has 1 aromatic heterocycles. The van der Waals surface area contributed by atoms with Crippen molar-refractivity contribution in [3.8, 4) is 0 Å². The molecule has 6 nitrogen and oxygen atoms in total. The van der Waals surface area contributed by atoms with E-state index in [0.29, 0.717) is 5.76 Å². The van der Waals surface area contributed by atoms with Crippen LogP contribution in [0, 0.1) is 5.92 Å². The highest BCUT2D eigenvalue weighted by molar-refractivity contribution is 7.59. The fourth-order valence-corrected chi connectivity index (χ4v) is 1.64. The molecule has 0 aliphatic heterocycles. The highest BCUT2D eigenvalue weighted by Gasteiger charge is 2.25. The van der Waals surface area contributed by atoms with Gasteiger partial charge in [0.15, 0.2) is 0 Å². The van der Waals surface area contributed by atoms with Crippen molar-refractivity contribution >= 4 is 25.6 Å². The zero-order chi connectivity index (χ0) is 15.5. The van der Waals surface area contributed by atoms with Gasteiger partial charge in [0.25, 0.3) is 0 Å². The number of carbonyl (C=O) groups excluding carboxylic acids is 1. The number of amides is 1. The standard InChI is InChI=1S/C14H21NO5.H2S/c1-8(2)11(15-13(18)20-14(3,4)5)9-6-7-10(19-9)12(16)17;/h6-8,11H,1-5H3,(H,15,18)(H,16,17);1H2/t11-;/m0./s1. The van der Waals surface area contributed by atoms with Crippen molar-refractivity contribution < 1.29 is 23.8 Å². The van der Waals surface area contributed by atoms with Crippen LogP contribution in [0.1, 0.15) is 57.0 Å². The summed E-state index contributed by atoms with van der Waals surface area (Å²) in [5.74, 6) is -0.883. The van der Waals surface area contributed by atoms with Crippen LogP contribution in [0.5, 0.6) is 0 Å². The maximum Gasteiger partial charge on any atom is 0.408 e. The van der Waals surface area contributed by atoms with Crippen LogP contribution in [0.3, 0.4) is 0 Å². The molecule has 2 N–H and O–H groups in total. The second kappa shape index (κ2) is 7.40. The minimum atomic E-state index is -1.14. The molecule has 1 heterocycles. The third kappa shape index (κ3) is 6.12. The lowest BCUT2D eigenvalue weighted by Crippen LogP contribution is -2.36. The average molecular weight is 317 g/mol. The van der Waals surface area contributed by atoms with Crippen molar-refractivity contribution in [1.82, 2.24) is 5.32 Å². The number of carboxylic acids is 1. The molecule has 0 unspecified atom stereocenters. The van der Waals surface area contributed by atoms with E-state index in [4.69, 9.17) is 14.3 Å². The highest BCUT2D eigenvalue weighted by Crippen LogP contribution is 2.24. The Morgan fingerprint density at radius 3 is 2.24 bits per heavy atom. The van der Waals surface area contributed by atoms with Gasteiger partial charge in [-0.05, 0) is 38.8 Å². The number of hydrogen-bond acceptors (Lipinski definition) is 4. The lowest BCUT2D eigenvalue weighted by Gasteiger charge is -2.24. The number of nitrogens with one attached hydrogen (secondary N) is 1. The smallest absolute Gasteiger partial charge is 0.408 e. The Bertz CT molecular complexity index is 490. The average Bonchev–Trinajstić information content (AvgIpc) is 2.71. The van der Waals surface area contributed by atoms with Crippen LogP contribution in [0.4, 0.5) is 4.79 Å². The van der Waals surface area contributed by atoms with Gasteiger partial charge in [0.1, 0.15) is 11.4 Å². The summed E-state index contributed by atoms with van der Waals surface area (Å²) in [5, 5.41) is 11.5. The minimum absolute atomic E-state index is 0. The van der Waals surface area contributed by atoms with E-state index in [9.17, 15) is 9.59 Å². The molecular weight excluding hydrogens is 294 g/mol. The molecule has 0 spiro atoms. The van der Waals surface area contributed by atoms with Gasteiger partial charge in [-0.15, -0.1) is 0 Å². The van der Waals surface area contributed by atoms with Crippen LogP contribution < -0.4 is 5.32 Å². The molecule has 1 atom stereocenters. The van der Waals surface area contributed by atoms with Crippen LogP contribution in [0.15, 0.2) is 16.5 Å². The Labute approximate surface area is 131 Å². The van der Waals surface area contributed by atoms with E-state index in [1.54, 1.807) is 26.8 Å². The Kier molecular flexibility index (Phi) is 6.82. The summed E-state index contributed by atoms with van der Waals surface area (Å²) in [6, 6.07) is 2.47. The first-order valence-corrected chi connectivity index (χ1v) is 6.42. The summed E-state index contributed by atoms with van der Waals surface area (Å²) in [5.41, 5.74) is -0.596. The van der Waals surface area contributed by atoms with Crippen molar-refractivity contribution in [2.24, 2.45) is 5.92 Å². The van der Waals surface area contributed by atoms with Crippen molar-refractivity contribution in [3.05, 3.63) is 23.7 Å². The first-order valence-electron chi connectivity index (χ1n) is 6.42. The Morgan fingerprint density at radius 1 is 1.29 bits per heavy atom. The molecule has 21 heavy (non-hydrogen) atoms. The van der Waals surface area contributed by atoms with Gasteiger partial charge in [0.05, 0.1) is 6.04 Å². The number of rotatable bonds is 4. The normalized spacial score (nSPS) is 12.5. The van der Waals surface area contributed by atoms with E-state index >= 15 is 0 Å². The third-order valence-electron chi connectivity index (χ3n) is 2.48. The summed E-state index contributed by atoms with van der Waals surface area (Å²) < 4.78 is 10.4. The molecule has 0 aromatic carbocycles. The predicted molar refractivity (Wildman–Crippen MR) is 83.0 cm³/mol. The van der Waals surface area contributed by atoms with E-state index in [0.717, 1.165) is 0 Å². The Balaban J connectivity index is 0.00000400. The van der Waals surface area contributed by atoms with Gasteiger partial charge in [0, 0.05) is 0 Å². The van der Waals surface area contributed by atoms with Crippen molar-refractivity contribution in [1.29, 1.82) is 0 Å². The van der Waals surface area contributed by atoms with E-state index in [2.05, 4.69) is 5.32 Å². The second-order valence-corrected chi connectivity index (χ2v) is 5.88. The van der Waals surface area contributed by atoms with Gasteiger partial charge in [-0.25, -0.2) is 9.59 Å². The maximum absolute atomic E-state index is 11.8. The third-order valence-corrected chi connectivity index (χ3v) is 2.48. The molecular formula is C14H23NO5S. The van der Waals surface area contributed by atoms with E-state index in [1.165, 1.54) is 6.07 Å². The second-order valence-electron chi connectivity index (χ2n) is 5.88. The molecule has 0 fully saturated rings. The molecule has 1 amide bonds. The fourth-order valence-electron chi connectivity index (χ4n) is 1.64. The first-order chi connectivity index (χ1) is 9.10. The van der Waals surface area contributed by atoms with Gasteiger partial charge in [-0.3, -0.25) is 0 Å². The lowest BCUT2D eigenvalue weighted by molar-refractivity contribution is 0.0481. The van der Waals surface area contributed by atoms with Crippen molar-refractivity contribution in [2.75, 3.05) is 0 Å². The van der Waals surface area contributed by atoms with Crippen LogP contribution >= 0.6 is 13.5 Å². The summed E-state index contributed by atoms with van der Waals surface area (Å²) in [6.07, 6.45) is -0.565. The lowest BCUT2D eigenvalue weighted by atomic mass is 10.0. The predicted octanol–water partition coefficient (Wildman–Crippen LogP) is 3.31. The molecule has 0 aliphatic carbocycles. The summed E-state index contributed by atoms with van der Waals surface area (Å²) in [4.78, 5) is 22.6. The molecule has 7 heteroatoms. The fraction of sp³-hybridized carbons (Fsp3) is 0.571. The number of hydrogen-bond donors (Lipinski definition) is 2. The molecule has 0 saturated heterocycles. The summed E-state index contributed by atoms with van der Waals surface area (Å²) >= 11 is 0. The Hall–Kier alpha value is -1.63. The van der Waals surface area contributed by atoms with Crippen LogP contribution in [-0.4, -0.2) is 22.8 Å². The van der Waals surface area contributed by atoms with Crippen LogP contribution in [-0.2, 0) is 4.74 Å². The van der Waals surface area contributed by atoms with Crippen molar-refractivity contribution in [2.45, 2.75) is 46.3 Å². The van der Waals surface area contributed by atoms with Crippen LogP contribution in [0.25, 0.3) is 0 Å². The largest absolute Gasteiger partial charge is 0.475 e. The van der Waals surface area contributed by atoms with Gasteiger partial charge >= 0.3 is 12.1 Å². The number of furan rings is 1. The topological polar surface area (TPSA) is 88.8 Å². The number of carboxylic acid groups (broad SMARTS) is 1. The molecule has 120 valence electrons. The van der Waals surface area contributed by atoms with E-state index in [1.807, 2.05) is 13.8 Å². The van der Waals surface area contributed by atoms with Gasteiger partial charge in [-0.1, -0.05) is 13.8 Å². The SMILES string of the molecule is CC(C)[C@H](NC(=O)OC(C)(C)C)c1ccc(C(=O)O)o1.S. The molecule has 0 bridgehead atoms. The Morgan fingerprint density at radius 2 is 1.86 bits per heavy atom. The van der Waals surface area contributed by atoms with Crippen molar-refractivity contribution in [3.63, 3.8) is 0 Å². The zero-order valence-electron chi connectivity index (χ0n) is 12.9. The number of ether oxygens (including phenoxy) is 1. The summed E-state index contributed by atoms with van der Waals surface area (Å²) in [6.45, 7) is 9.10. The number of alkyl carbamates (subject to hydrolysis) is 1. The van der Waals surface area contributed by atoms with E-state index < -0.39 is 23.7 Å². The quantitative estimate of drug-likeness (QED) is 0.889. The molecule has 0 radical (unpaired) electrons. The highest BCUT2D eigenvalue weighted by atomic mass is 32.1. The zero-order valence-corrected chi connectivity index (χ0v) is 13.9. The number of aromatic carboxylic acids is 1. The molecule has 1 rings (SSSR count).